The summed E-state index contributed by atoms with van der Waals surface area (Å²) in [6.45, 7) is 5.54. The molecule has 2 nitrogen and oxygen atoms in total. The number of halogens is 1. The van der Waals surface area contributed by atoms with Crippen molar-refractivity contribution >= 4 is 15.9 Å². The molecule has 0 aliphatic heterocycles. The number of nitrogens with one attached hydrogen (secondary N) is 1. The lowest BCUT2D eigenvalue weighted by Gasteiger charge is -2.25. The molecule has 0 aromatic carbocycles. The Bertz CT molecular complexity index is 361. The molecule has 0 amide bonds. The van der Waals surface area contributed by atoms with Gasteiger partial charge in [0.25, 0.3) is 0 Å². The predicted molar refractivity (Wildman–Crippen MR) is 78.9 cm³/mol. The molecule has 1 heterocycles. The minimum Gasteiger partial charge on any atom is -0.468 e. The molecule has 0 bridgehead atoms. The predicted octanol–water partition coefficient (Wildman–Crippen LogP) is 4.70. The third-order valence-corrected chi connectivity index (χ3v) is 4.58. The molecule has 102 valence electrons. The van der Waals surface area contributed by atoms with Gasteiger partial charge in [0.15, 0.2) is 0 Å². The van der Waals surface area contributed by atoms with E-state index in [2.05, 4.69) is 35.1 Å². The van der Waals surface area contributed by atoms with Gasteiger partial charge < -0.3 is 9.73 Å². The maximum Gasteiger partial charge on any atom is 0.121 e. The summed E-state index contributed by atoms with van der Waals surface area (Å²) in [6.07, 6.45) is 8.44. The molecule has 1 aromatic rings. The van der Waals surface area contributed by atoms with Gasteiger partial charge in [-0.15, -0.1) is 0 Å². The van der Waals surface area contributed by atoms with Crippen LogP contribution in [0.1, 0.15) is 57.6 Å². The van der Waals surface area contributed by atoms with Crippen LogP contribution in [-0.4, -0.2) is 12.6 Å². The van der Waals surface area contributed by atoms with Gasteiger partial charge in [-0.3, -0.25) is 0 Å². The fourth-order valence-electron chi connectivity index (χ4n) is 2.93. The zero-order valence-corrected chi connectivity index (χ0v) is 13.0. The SMILES string of the molecule is CC(C)NCC1CCCCCC1c1occc1Br. The second-order valence-corrected chi connectivity index (χ2v) is 6.55. The molecule has 2 atom stereocenters. The van der Waals surface area contributed by atoms with Crippen LogP contribution < -0.4 is 5.32 Å². The normalized spacial score (nSPS) is 25.3. The molecule has 2 unspecified atom stereocenters. The van der Waals surface area contributed by atoms with E-state index in [0.717, 1.165) is 16.8 Å². The van der Waals surface area contributed by atoms with Crippen LogP contribution in [0.4, 0.5) is 0 Å². The summed E-state index contributed by atoms with van der Waals surface area (Å²) in [5.41, 5.74) is 0. The van der Waals surface area contributed by atoms with Crippen LogP contribution in [-0.2, 0) is 0 Å². The average molecular weight is 314 g/mol. The number of hydrogen-bond donors (Lipinski definition) is 1. The molecule has 0 spiro atoms. The van der Waals surface area contributed by atoms with Gasteiger partial charge in [-0.1, -0.05) is 33.1 Å². The van der Waals surface area contributed by atoms with Crippen LogP contribution in [0.15, 0.2) is 21.2 Å². The van der Waals surface area contributed by atoms with Crippen molar-refractivity contribution in [2.45, 2.75) is 57.9 Å². The first-order chi connectivity index (χ1) is 8.68. The van der Waals surface area contributed by atoms with Crippen molar-refractivity contribution in [3.05, 3.63) is 22.6 Å². The van der Waals surface area contributed by atoms with E-state index in [0.29, 0.717) is 17.9 Å². The first kappa shape index (κ1) is 14.1. The fourth-order valence-corrected chi connectivity index (χ4v) is 3.43. The molecule has 18 heavy (non-hydrogen) atoms. The quantitative estimate of drug-likeness (QED) is 0.815. The minimum atomic E-state index is 0.564. The summed E-state index contributed by atoms with van der Waals surface area (Å²) in [5.74, 6) is 2.44. The molecule has 1 aliphatic rings. The van der Waals surface area contributed by atoms with Gasteiger partial charge in [-0.25, -0.2) is 0 Å². The van der Waals surface area contributed by atoms with E-state index in [1.165, 1.54) is 32.1 Å². The number of hydrogen-bond acceptors (Lipinski definition) is 2. The van der Waals surface area contributed by atoms with Crippen LogP contribution in [0, 0.1) is 5.92 Å². The van der Waals surface area contributed by atoms with Gasteiger partial charge in [0.05, 0.1) is 10.7 Å². The minimum absolute atomic E-state index is 0.564. The lowest BCUT2D eigenvalue weighted by molar-refractivity contribution is 0.319. The molecule has 1 saturated carbocycles. The largest absolute Gasteiger partial charge is 0.468 e. The summed E-state index contributed by atoms with van der Waals surface area (Å²) in [4.78, 5) is 0. The number of furan rings is 1. The van der Waals surface area contributed by atoms with Gasteiger partial charge in [-0.05, 0) is 47.3 Å². The molecule has 1 fully saturated rings. The van der Waals surface area contributed by atoms with E-state index in [9.17, 15) is 0 Å². The second kappa shape index (κ2) is 6.76. The van der Waals surface area contributed by atoms with Crippen molar-refractivity contribution < 1.29 is 4.42 Å². The van der Waals surface area contributed by atoms with Crippen molar-refractivity contribution in [3.63, 3.8) is 0 Å². The van der Waals surface area contributed by atoms with Gasteiger partial charge in [0.1, 0.15) is 5.76 Å². The third kappa shape index (κ3) is 3.61. The Kier molecular flexibility index (Phi) is 5.31. The second-order valence-electron chi connectivity index (χ2n) is 5.70. The summed E-state index contributed by atoms with van der Waals surface area (Å²) in [5, 5.41) is 3.60. The zero-order valence-electron chi connectivity index (χ0n) is 11.4. The molecule has 1 aromatic heterocycles. The number of rotatable bonds is 4. The summed E-state index contributed by atoms with van der Waals surface area (Å²) < 4.78 is 6.86. The van der Waals surface area contributed by atoms with E-state index in [1.54, 1.807) is 6.26 Å². The Balaban J connectivity index is 2.09. The van der Waals surface area contributed by atoms with Crippen molar-refractivity contribution in [1.82, 2.24) is 5.32 Å². The van der Waals surface area contributed by atoms with Gasteiger partial charge in [0.2, 0.25) is 0 Å². The van der Waals surface area contributed by atoms with Crippen molar-refractivity contribution in [2.75, 3.05) is 6.54 Å². The lowest BCUT2D eigenvalue weighted by atomic mass is 9.86. The Morgan fingerprint density at radius 2 is 2.11 bits per heavy atom. The molecular formula is C15H24BrNO. The van der Waals surface area contributed by atoms with Crippen molar-refractivity contribution in [2.24, 2.45) is 5.92 Å². The van der Waals surface area contributed by atoms with Crippen molar-refractivity contribution in [1.29, 1.82) is 0 Å². The Morgan fingerprint density at radius 3 is 2.78 bits per heavy atom. The van der Waals surface area contributed by atoms with Gasteiger partial charge >= 0.3 is 0 Å². The molecular weight excluding hydrogens is 290 g/mol. The van der Waals surface area contributed by atoms with Crippen LogP contribution in [0.3, 0.4) is 0 Å². The van der Waals surface area contributed by atoms with Crippen LogP contribution in [0.25, 0.3) is 0 Å². The van der Waals surface area contributed by atoms with Gasteiger partial charge in [-0.2, -0.15) is 0 Å². The smallest absolute Gasteiger partial charge is 0.121 e. The summed E-state index contributed by atoms with van der Waals surface area (Å²) >= 11 is 3.62. The van der Waals surface area contributed by atoms with E-state index in [4.69, 9.17) is 4.42 Å². The van der Waals surface area contributed by atoms with Crippen LogP contribution in [0.2, 0.25) is 0 Å². The Labute approximate surface area is 119 Å². The first-order valence-corrected chi connectivity index (χ1v) is 7.94. The van der Waals surface area contributed by atoms with E-state index >= 15 is 0 Å². The van der Waals surface area contributed by atoms with Gasteiger partial charge in [0, 0.05) is 12.0 Å². The topological polar surface area (TPSA) is 25.2 Å². The highest BCUT2D eigenvalue weighted by Crippen LogP contribution is 2.39. The summed E-state index contributed by atoms with van der Waals surface area (Å²) in [6, 6.07) is 2.58. The van der Waals surface area contributed by atoms with Crippen molar-refractivity contribution in [3.8, 4) is 0 Å². The standard InChI is InChI=1S/C15H24BrNO/c1-11(2)17-10-12-6-4-3-5-7-13(12)15-14(16)8-9-18-15/h8-9,11-13,17H,3-7,10H2,1-2H3. The molecule has 0 radical (unpaired) electrons. The molecule has 1 N–H and O–H groups in total. The highest BCUT2D eigenvalue weighted by Gasteiger charge is 2.28. The maximum atomic E-state index is 5.72. The highest BCUT2D eigenvalue weighted by atomic mass is 79.9. The van der Waals surface area contributed by atoms with Crippen LogP contribution in [0.5, 0.6) is 0 Å². The lowest BCUT2D eigenvalue weighted by Crippen LogP contribution is -2.31. The average Bonchev–Trinajstić information content (AvgIpc) is 2.63. The molecule has 1 aliphatic carbocycles. The molecule has 0 saturated heterocycles. The maximum absolute atomic E-state index is 5.72. The van der Waals surface area contributed by atoms with E-state index < -0.39 is 0 Å². The molecule has 3 heteroatoms. The fraction of sp³-hybridized carbons (Fsp3) is 0.733. The van der Waals surface area contributed by atoms with E-state index in [-0.39, 0.29) is 0 Å². The Hall–Kier alpha value is -0.280. The van der Waals surface area contributed by atoms with Crippen LogP contribution >= 0.6 is 15.9 Å². The first-order valence-electron chi connectivity index (χ1n) is 7.14. The third-order valence-electron chi connectivity index (χ3n) is 3.93. The highest BCUT2D eigenvalue weighted by molar-refractivity contribution is 9.10. The van der Waals surface area contributed by atoms with E-state index in [1.807, 2.05) is 6.07 Å². The monoisotopic (exact) mass is 313 g/mol. The Morgan fingerprint density at radius 1 is 1.33 bits per heavy atom. The summed E-state index contributed by atoms with van der Waals surface area (Å²) in [7, 11) is 0. The molecule has 2 rings (SSSR count). The zero-order chi connectivity index (χ0) is 13.0.